The van der Waals surface area contributed by atoms with Crippen LogP contribution in [0.15, 0.2) is 60.1 Å². The van der Waals surface area contributed by atoms with Gasteiger partial charge < -0.3 is 4.90 Å². The summed E-state index contributed by atoms with van der Waals surface area (Å²) in [6.07, 6.45) is 2.77. The van der Waals surface area contributed by atoms with Crippen molar-refractivity contribution >= 4 is 17.2 Å². The smallest absolute Gasteiger partial charge is 0.282 e. The molecule has 0 saturated carbocycles. The summed E-state index contributed by atoms with van der Waals surface area (Å²) in [5.74, 6) is 0.351. The molecular weight excluding hydrogens is 318 g/mol. The number of hydrogen-bond donors (Lipinski definition) is 0. The zero-order chi connectivity index (χ0) is 16.4. The number of amides is 1. The van der Waals surface area contributed by atoms with E-state index in [1.54, 1.807) is 0 Å². The van der Waals surface area contributed by atoms with Crippen LogP contribution in [0.2, 0.25) is 0 Å². The number of benzene rings is 1. The van der Waals surface area contributed by atoms with Crippen LogP contribution in [0.4, 0.5) is 0 Å². The molecule has 1 saturated heterocycles. The molecule has 1 fully saturated rings. The van der Waals surface area contributed by atoms with Crippen LogP contribution in [-0.4, -0.2) is 33.9 Å². The minimum atomic E-state index is 0.0283. The second-order valence-corrected chi connectivity index (χ2v) is 6.75. The second-order valence-electron chi connectivity index (χ2n) is 5.90. The molecular formula is C19H17N3OS. The van der Waals surface area contributed by atoms with Crippen molar-refractivity contribution in [1.82, 2.24) is 14.9 Å². The molecule has 1 aliphatic heterocycles. The quantitative estimate of drug-likeness (QED) is 0.731. The molecule has 1 aromatic carbocycles. The first kappa shape index (κ1) is 15.0. The van der Waals surface area contributed by atoms with Crippen LogP contribution in [0.25, 0.3) is 11.3 Å². The summed E-state index contributed by atoms with van der Waals surface area (Å²) in [4.78, 5) is 23.6. The highest BCUT2D eigenvalue weighted by atomic mass is 32.1. The van der Waals surface area contributed by atoms with Crippen molar-refractivity contribution < 1.29 is 4.79 Å². The van der Waals surface area contributed by atoms with Gasteiger partial charge in [-0.3, -0.25) is 9.78 Å². The molecule has 4 nitrogen and oxygen atoms in total. The highest BCUT2D eigenvalue weighted by Gasteiger charge is 2.30. The molecule has 1 amide bonds. The minimum absolute atomic E-state index is 0.0283. The van der Waals surface area contributed by atoms with Crippen LogP contribution in [0.3, 0.4) is 0 Å². The van der Waals surface area contributed by atoms with Crippen LogP contribution in [0, 0.1) is 0 Å². The molecule has 1 atom stereocenters. The Morgan fingerprint density at radius 3 is 2.75 bits per heavy atom. The number of likely N-dealkylation sites (tertiary alicyclic amines) is 1. The normalized spacial score (nSPS) is 17.2. The third-order valence-electron chi connectivity index (χ3n) is 4.34. The predicted octanol–water partition coefficient (Wildman–Crippen LogP) is 3.83. The lowest BCUT2D eigenvalue weighted by molar-refractivity contribution is 0.0790. The lowest BCUT2D eigenvalue weighted by Gasteiger charge is -2.14. The first-order valence-corrected chi connectivity index (χ1v) is 8.90. The number of hydrogen-bond acceptors (Lipinski definition) is 4. The van der Waals surface area contributed by atoms with Crippen molar-refractivity contribution in [3.63, 3.8) is 0 Å². The summed E-state index contributed by atoms with van der Waals surface area (Å²) in [7, 11) is 0. The minimum Gasteiger partial charge on any atom is -0.336 e. The van der Waals surface area contributed by atoms with Gasteiger partial charge in [0.25, 0.3) is 5.91 Å². The Balaban J connectivity index is 1.48. The first-order valence-electron chi connectivity index (χ1n) is 8.02. The second kappa shape index (κ2) is 6.53. The number of thiazole rings is 1. The fourth-order valence-electron chi connectivity index (χ4n) is 3.05. The monoisotopic (exact) mass is 335 g/mol. The molecule has 0 N–H and O–H groups in total. The van der Waals surface area contributed by atoms with E-state index in [2.05, 4.69) is 9.97 Å². The van der Waals surface area contributed by atoms with E-state index in [1.165, 1.54) is 11.3 Å². The van der Waals surface area contributed by atoms with Crippen LogP contribution < -0.4 is 0 Å². The Hall–Kier alpha value is -2.53. The third-order valence-corrected chi connectivity index (χ3v) is 5.17. The van der Waals surface area contributed by atoms with Crippen LogP contribution in [0.1, 0.15) is 27.8 Å². The number of pyridine rings is 1. The van der Waals surface area contributed by atoms with Crippen molar-refractivity contribution in [2.75, 3.05) is 13.1 Å². The Kier molecular flexibility index (Phi) is 4.09. The molecule has 0 aliphatic carbocycles. The van der Waals surface area contributed by atoms with Gasteiger partial charge in [0, 0.05) is 41.8 Å². The van der Waals surface area contributed by atoms with Crippen molar-refractivity contribution in [2.45, 2.75) is 12.3 Å². The molecule has 0 bridgehead atoms. The molecule has 120 valence electrons. The van der Waals surface area contributed by atoms with Gasteiger partial charge in [0.15, 0.2) is 5.01 Å². The molecule has 1 unspecified atom stereocenters. The van der Waals surface area contributed by atoms with E-state index in [4.69, 9.17) is 0 Å². The average Bonchev–Trinajstić information content (AvgIpc) is 3.33. The van der Waals surface area contributed by atoms with Crippen molar-refractivity contribution in [3.05, 3.63) is 70.8 Å². The van der Waals surface area contributed by atoms with Crippen molar-refractivity contribution in [2.24, 2.45) is 0 Å². The van der Waals surface area contributed by atoms with Gasteiger partial charge in [-0.15, -0.1) is 11.3 Å². The van der Waals surface area contributed by atoms with Gasteiger partial charge in [-0.05, 0) is 18.6 Å². The zero-order valence-corrected chi connectivity index (χ0v) is 13.9. The van der Waals surface area contributed by atoms with E-state index in [0.717, 1.165) is 36.5 Å². The van der Waals surface area contributed by atoms with Gasteiger partial charge in [0.2, 0.25) is 0 Å². The predicted molar refractivity (Wildman–Crippen MR) is 95.0 cm³/mol. The Labute approximate surface area is 144 Å². The zero-order valence-electron chi connectivity index (χ0n) is 13.1. The van der Waals surface area contributed by atoms with Crippen LogP contribution >= 0.6 is 11.3 Å². The molecule has 4 rings (SSSR count). The fourth-order valence-corrected chi connectivity index (χ4v) is 3.85. The van der Waals surface area contributed by atoms with Gasteiger partial charge in [-0.25, -0.2) is 4.98 Å². The summed E-state index contributed by atoms with van der Waals surface area (Å²) < 4.78 is 0. The Morgan fingerprint density at radius 1 is 1.12 bits per heavy atom. The maximum atomic E-state index is 12.7. The van der Waals surface area contributed by atoms with E-state index in [0.29, 0.717) is 10.9 Å². The molecule has 24 heavy (non-hydrogen) atoms. The first-order chi connectivity index (χ1) is 11.8. The molecule has 5 heteroatoms. The highest BCUT2D eigenvalue weighted by molar-refractivity contribution is 7.12. The topological polar surface area (TPSA) is 46.1 Å². The van der Waals surface area contributed by atoms with Crippen molar-refractivity contribution in [1.29, 1.82) is 0 Å². The molecule has 1 aliphatic rings. The lowest BCUT2D eigenvalue weighted by atomic mass is 10.0. The van der Waals surface area contributed by atoms with E-state index in [-0.39, 0.29) is 5.91 Å². The van der Waals surface area contributed by atoms with Crippen molar-refractivity contribution in [3.8, 4) is 11.3 Å². The van der Waals surface area contributed by atoms with E-state index < -0.39 is 0 Å². The number of aromatic nitrogens is 2. The SMILES string of the molecule is O=C(c1nc(-c2ccccc2)cs1)N1CCC(c2ccccn2)C1. The van der Waals surface area contributed by atoms with E-state index in [9.17, 15) is 4.79 Å². The maximum absolute atomic E-state index is 12.7. The van der Waals surface area contributed by atoms with Gasteiger partial charge in [0.05, 0.1) is 5.69 Å². The largest absolute Gasteiger partial charge is 0.336 e. The molecule has 0 radical (unpaired) electrons. The summed E-state index contributed by atoms with van der Waals surface area (Å²) in [5, 5.41) is 2.52. The number of nitrogens with zero attached hydrogens (tertiary/aromatic N) is 3. The standard InChI is InChI=1S/C19H17N3OS/c23-19(18-21-17(13-24-18)14-6-2-1-3-7-14)22-11-9-15(12-22)16-8-4-5-10-20-16/h1-8,10,13,15H,9,11-12H2. The summed E-state index contributed by atoms with van der Waals surface area (Å²) in [6.45, 7) is 1.48. The summed E-state index contributed by atoms with van der Waals surface area (Å²) in [5.41, 5.74) is 2.97. The summed E-state index contributed by atoms with van der Waals surface area (Å²) >= 11 is 1.42. The summed E-state index contributed by atoms with van der Waals surface area (Å²) in [6, 6.07) is 15.9. The molecule has 3 heterocycles. The van der Waals surface area contributed by atoms with Gasteiger partial charge >= 0.3 is 0 Å². The van der Waals surface area contributed by atoms with Crippen LogP contribution in [0.5, 0.6) is 0 Å². The van der Waals surface area contributed by atoms with E-state index in [1.807, 2.05) is 65.0 Å². The number of carbonyl (C=O) groups is 1. The van der Waals surface area contributed by atoms with E-state index >= 15 is 0 Å². The van der Waals surface area contributed by atoms with Gasteiger partial charge in [0.1, 0.15) is 0 Å². The molecule has 0 spiro atoms. The highest BCUT2D eigenvalue weighted by Crippen LogP contribution is 2.28. The fraction of sp³-hybridized carbons (Fsp3) is 0.211. The van der Waals surface area contributed by atoms with Gasteiger partial charge in [-0.2, -0.15) is 0 Å². The molecule has 3 aromatic rings. The van der Waals surface area contributed by atoms with Crippen LogP contribution in [-0.2, 0) is 0 Å². The maximum Gasteiger partial charge on any atom is 0.282 e. The third kappa shape index (κ3) is 2.95. The Bertz CT molecular complexity index is 832. The number of rotatable bonds is 3. The lowest BCUT2D eigenvalue weighted by Crippen LogP contribution is -2.28. The molecule has 2 aromatic heterocycles. The Morgan fingerprint density at radius 2 is 1.96 bits per heavy atom. The van der Waals surface area contributed by atoms with Gasteiger partial charge in [-0.1, -0.05) is 36.4 Å². The average molecular weight is 335 g/mol. The number of carbonyl (C=O) groups excluding carboxylic acids is 1.